The summed E-state index contributed by atoms with van der Waals surface area (Å²) in [5.41, 5.74) is 0. The van der Waals surface area contributed by atoms with Gasteiger partial charge in [-0.1, -0.05) is 0 Å². The van der Waals surface area contributed by atoms with Gasteiger partial charge < -0.3 is 4.74 Å². The molecule has 0 aromatic rings. The number of alkyl halides is 2. The van der Waals surface area contributed by atoms with Crippen LogP contribution in [0.25, 0.3) is 0 Å². The average Bonchev–Trinajstić information content (AvgIpc) is 2.20. The Bertz CT molecular complexity index is 144. The molecule has 0 aliphatic carbocycles. The molecular weight excluding hydrogens is 178 g/mol. The lowest BCUT2D eigenvalue weighted by Gasteiger charge is -2.35. The molecule has 1 N–H and O–H groups in total. The highest BCUT2D eigenvalue weighted by molar-refractivity contribution is 4.76. The fourth-order valence-electron chi connectivity index (χ4n) is 1.41. The molecule has 78 valence electrons. The lowest BCUT2D eigenvalue weighted by Crippen LogP contribution is -2.53. The van der Waals surface area contributed by atoms with Crippen molar-refractivity contribution in [1.29, 1.82) is 0 Å². The summed E-state index contributed by atoms with van der Waals surface area (Å²) in [6.07, 6.45) is -0.102. The summed E-state index contributed by atoms with van der Waals surface area (Å²) >= 11 is 0. The van der Waals surface area contributed by atoms with Crippen LogP contribution in [0, 0.1) is 0 Å². The third-order valence-electron chi connectivity index (χ3n) is 2.29. The maximum absolute atomic E-state index is 12.3. The molecule has 1 unspecified atom stereocenters. The van der Waals surface area contributed by atoms with Gasteiger partial charge in [-0.3, -0.25) is 10.2 Å². The van der Waals surface area contributed by atoms with E-state index in [0.29, 0.717) is 19.7 Å². The summed E-state index contributed by atoms with van der Waals surface area (Å²) < 4.78 is 30.0. The number of halogens is 2. The standard InChI is InChI=1S/C8H16F2N2O/c1-11-8-6-12(2-3-13-8)7(4-9)5-10/h7-8,11H,2-6H2,1H3. The van der Waals surface area contributed by atoms with E-state index < -0.39 is 19.4 Å². The number of rotatable bonds is 4. The van der Waals surface area contributed by atoms with E-state index in [0.717, 1.165) is 0 Å². The Hall–Kier alpha value is -0.260. The smallest absolute Gasteiger partial charge is 0.120 e. The molecular formula is C8H16F2N2O. The summed E-state index contributed by atoms with van der Waals surface area (Å²) in [6, 6.07) is -0.597. The number of morpholine rings is 1. The molecule has 0 spiro atoms. The van der Waals surface area contributed by atoms with Gasteiger partial charge in [0.15, 0.2) is 0 Å². The van der Waals surface area contributed by atoms with Gasteiger partial charge in [0.05, 0.1) is 12.6 Å². The lowest BCUT2D eigenvalue weighted by molar-refractivity contribution is -0.0606. The SMILES string of the molecule is CNC1CN(C(CF)CF)CCO1. The first-order valence-corrected chi connectivity index (χ1v) is 4.46. The lowest BCUT2D eigenvalue weighted by atomic mass is 10.2. The minimum Gasteiger partial charge on any atom is -0.361 e. The van der Waals surface area contributed by atoms with Gasteiger partial charge in [0, 0.05) is 13.1 Å². The van der Waals surface area contributed by atoms with Crippen molar-refractivity contribution in [3.8, 4) is 0 Å². The zero-order chi connectivity index (χ0) is 9.68. The van der Waals surface area contributed by atoms with Crippen LogP contribution in [0.1, 0.15) is 0 Å². The Morgan fingerprint density at radius 1 is 1.54 bits per heavy atom. The molecule has 0 aromatic carbocycles. The first-order valence-electron chi connectivity index (χ1n) is 4.46. The predicted molar refractivity (Wildman–Crippen MR) is 46.1 cm³/mol. The second kappa shape index (κ2) is 5.47. The maximum atomic E-state index is 12.3. The van der Waals surface area contributed by atoms with Crippen LogP contribution >= 0.6 is 0 Å². The molecule has 0 amide bonds. The van der Waals surface area contributed by atoms with Crippen LogP contribution < -0.4 is 5.32 Å². The van der Waals surface area contributed by atoms with Gasteiger partial charge in [-0.15, -0.1) is 0 Å². The number of ether oxygens (including phenoxy) is 1. The third kappa shape index (κ3) is 2.86. The summed E-state index contributed by atoms with van der Waals surface area (Å²) in [5.74, 6) is 0. The fourth-order valence-corrected chi connectivity index (χ4v) is 1.41. The van der Waals surface area contributed by atoms with Crippen molar-refractivity contribution in [2.24, 2.45) is 0 Å². The summed E-state index contributed by atoms with van der Waals surface area (Å²) in [4.78, 5) is 1.78. The van der Waals surface area contributed by atoms with Crippen molar-refractivity contribution in [3.05, 3.63) is 0 Å². The molecule has 1 heterocycles. The molecule has 0 radical (unpaired) electrons. The molecule has 1 fully saturated rings. The Kier molecular flexibility index (Phi) is 4.55. The van der Waals surface area contributed by atoms with Crippen LogP contribution in [0.15, 0.2) is 0 Å². The molecule has 1 atom stereocenters. The van der Waals surface area contributed by atoms with E-state index in [1.54, 1.807) is 11.9 Å². The Labute approximate surface area is 77.0 Å². The molecule has 0 saturated carbocycles. The van der Waals surface area contributed by atoms with Gasteiger partial charge in [-0.05, 0) is 7.05 Å². The largest absolute Gasteiger partial charge is 0.361 e. The molecule has 1 aliphatic rings. The summed E-state index contributed by atoms with van der Waals surface area (Å²) in [6.45, 7) is 0.424. The first-order chi connectivity index (χ1) is 6.31. The fraction of sp³-hybridized carbons (Fsp3) is 1.00. The Balaban J connectivity index is 2.40. The topological polar surface area (TPSA) is 24.5 Å². The Morgan fingerprint density at radius 3 is 2.77 bits per heavy atom. The van der Waals surface area contributed by atoms with E-state index in [1.807, 2.05) is 0 Å². The predicted octanol–water partition coefficient (Wildman–Crippen LogP) is 0.172. The monoisotopic (exact) mass is 194 g/mol. The van der Waals surface area contributed by atoms with Crippen LogP contribution in [-0.2, 0) is 4.74 Å². The number of nitrogens with one attached hydrogen (secondary N) is 1. The van der Waals surface area contributed by atoms with Crippen LogP contribution in [0.2, 0.25) is 0 Å². The van der Waals surface area contributed by atoms with Crippen molar-refractivity contribution in [2.75, 3.05) is 40.1 Å². The number of nitrogens with zero attached hydrogens (tertiary/aromatic N) is 1. The van der Waals surface area contributed by atoms with Gasteiger partial charge in [0.25, 0.3) is 0 Å². The van der Waals surface area contributed by atoms with E-state index in [9.17, 15) is 8.78 Å². The Morgan fingerprint density at radius 2 is 2.23 bits per heavy atom. The van der Waals surface area contributed by atoms with Gasteiger partial charge >= 0.3 is 0 Å². The van der Waals surface area contributed by atoms with Gasteiger partial charge in [-0.25, -0.2) is 8.78 Å². The quantitative estimate of drug-likeness (QED) is 0.690. The normalized spacial score (nSPS) is 25.4. The van der Waals surface area contributed by atoms with Gasteiger partial charge in [-0.2, -0.15) is 0 Å². The highest BCUT2D eigenvalue weighted by Gasteiger charge is 2.25. The number of hydrogen-bond donors (Lipinski definition) is 1. The van der Waals surface area contributed by atoms with Gasteiger partial charge in [0.1, 0.15) is 19.6 Å². The van der Waals surface area contributed by atoms with Gasteiger partial charge in [0.2, 0.25) is 0 Å². The number of hydrogen-bond acceptors (Lipinski definition) is 3. The summed E-state index contributed by atoms with van der Waals surface area (Å²) in [7, 11) is 1.77. The molecule has 13 heavy (non-hydrogen) atoms. The van der Waals surface area contributed by atoms with E-state index in [-0.39, 0.29) is 6.23 Å². The van der Waals surface area contributed by atoms with Crippen molar-refractivity contribution in [1.82, 2.24) is 10.2 Å². The van der Waals surface area contributed by atoms with Crippen LogP contribution in [0.5, 0.6) is 0 Å². The van der Waals surface area contributed by atoms with Crippen molar-refractivity contribution in [2.45, 2.75) is 12.3 Å². The zero-order valence-corrected chi connectivity index (χ0v) is 7.80. The van der Waals surface area contributed by atoms with E-state index >= 15 is 0 Å². The highest BCUT2D eigenvalue weighted by atomic mass is 19.1. The number of likely N-dealkylation sites (N-methyl/N-ethyl adjacent to an activating group) is 1. The zero-order valence-electron chi connectivity index (χ0n) is 7.80. The molecule has 0 aromatic heterocycles. The first kappa shape index (κ1) is 10.8. The van der Waals surface area contributed by atoms with Crippen molar-refractivity contribution < 1.29 is 13.5 Å². The minimum atomic E-state index is -0.632. The minimum absolute atomic E-state index is 0.102. The van der Waals surface area contributed by atoms with E-state index in [2.05, 4.69) is 5.32 Å². The van der Waals surface area contributed by atoms with Crippen LogP contribution in [0.4, 0.5) is 8.78 Å². The second-order valence-corrected chi connectivity index (χ2v) is 3.11. The van der Waals surface area contributed by atoms with Crippen molar-refractivity contribution >= 4 is 0 Å². The van der Waals surface area contributed by atoms with Crippen molar-refractivity contribution in [3.63, 3.8) is 0 Å². The van der Waals surface area contributed by atoms with Crippen LogP contribution in [0.3, 0.4) is 0 Å². The molecule has 5 heteroatoms. The average molecular weight is 194 g/mol. The molecule has 3 nitrogen and oxygen atoms in total. The van der Waals surface area contributed by atoms with E-state index in [1.165, 1.54) is 0 Å². The molecule has 1 saturated heterocycles. The maximum Gasteiger partial charge on any atom is 0.120 e. The summed E-state index contributed by atoms with van der Waals surface area (Å²) in [5, 5.41) is 2.93. The van der Waals surface area contributed by atoms with Crippen LogP contribution in [-0.4, -0.2) is 57.3 Å². The second-order valence-electron chi connectivity index (χ2n) is 3.11. The third-order valence-corrected chi connectivity index (χ3v) is 2.29. The van der Waals surface area contributed by atoms with E-state index in [4.69, 9.17) is 4.74 Å². The molecule has 0 bridgehead atoms. The highest BCUT2D eigenvalue weighted by Crippen LogP contribution is 2.08. The molecule has 1 aliphatic heterocycles. The molecule has 1 rings (SSSR count).